The van der Waals surface area contributed by atoms with Crippen molar-refractivity contribution in [3.63, 3.8) is 0 Å². The summed E-state index contributed by atoms with van der Waals surface area (Å²) in [6.45, 7) is 1.62. The van der Waals surface area contributed by atoms with Crippen LogP contribution in [0, 0.1) is 0 Å². The molecule has 0 aromatic heterocycles. The van der Waals surface area contributed by atoms with E-state index in [0.29, 0.717) is 22.7 Å². The Bertz CT molecular complexity index is 716. The molecule has 0 aliphatic rings. The SMILES string of the molecule is COc1ccc(NC(=O)C(C)NC(=O)c2ccccc2)c(OC)c1. The Morgan fingerprint density at radius 2 is 1.71 bits per heavy atom. The van der Waals surface area contributed by atoms with E-state index in [1.807, 2.05) is 6.07 Å². The smallest absolute Gasteiger partial charge is 0.251 e. The molecular weight excluding hydrogens is 308 g/mol. The third-order valence-electron chi connectivity index (χ3n) is 3.44. The van der Waals surface area contributed by atoms with Crippen LogP contribution in [0.25, 0.3) is 0 Å². The molecule has 2 N–H and O–H groups in total. The van der Waals surface area contributed by atoms with E-state index in [1.54, 1.807) is 56.5 Å². The van der Waals surface area contributed by atoms with Gasteiger partial charge in [-0.1, -0.05) is 18.2 Å². The summed E-state index contributed by atoms with van der Waals surface area (Å²) < 4.78 is 10.4. The zero-order valence-electron chi connectivity index (χ0n) is 13.8. The lowest BCUT2D eigenvalue weighted by Crippen LogP contribution is -2.41. The molecule has 0 aliphatic carbocycles. The normalized spacial score (nSPS) is 11.3. The van der Waals surface area contributed by atoms with Gasteiger partial charge < -0.3 is 20.1 Å². The van der Waals surface area contributed by atoms with Gasteiger partial charge in [-0.05, 0) is 31.2 Å². The molecule has 1 atom stereocenters. The lowest BCUT2D eigenvalue weighted by molar-refractivity contribution is -0.117. The largest absolute Gasteiger partial charge is 0.497 e. The van der Waals surface area contributed by atoms with Gasteiger partial charge in [0.1, 0.15) is 17.5 Å². The van der Waals surface area contributed by atoms with Crippen LogP contribution < -0.4 is 20.1 Å². The Morgan fingerprint density at radius 3 is 2.33 bits per heavy atom. The summed E-state index contributed by atoms with van der Waals surface area (Å²) in [6, 6.07) is 13.1. The molecule has 1 unspecified atom stereocenters. The van der Waals surface area contributed by atoms with E-state index in [0.717, 1.165) is 0 Å². The standard InChI is InChI=1S/C18H20N2O4/c1-12(19-18(22)13-7-5-4-6-8-13)17(21)20-15-10-9-14(23-2)11-16(15)24-3/h4-12H,1-3H3,(H,19,22)(H,20,21). The molecule has 0 saturated heterocycles. The molecule has 2 aromatic rings. The van der Waals surface area contributed by atoms with Gasteiger partial charge >= 0.3 is 0 Å². The quantitative estimate of drug-likeness (QED) is 0.854. The molecule has 0 aliphatic heterocycles. The fourth-order valence-corrected chi connectivity index (χ4v) is 2.08. The number of hydrogen-bond donors (Lipinski definition) is 2. The van der Waals surface area contributed by atoms with Crippen molar-refractivity contribution in [2.45, 2.75) is 13.0 Å². The van der Waals surface area contributed by atoms with Crippen LogP contribution in [0.5, 0.6) is 11.5 Å². The Morgan fingerprint density at radius 1 is 1.00 bits per heavy atom. The topological polar surface area (TPSA) is 76.7 Å². The molecule has 0 fully saturated rings. The van der Waals surface area contributed by atoms with E-state index in [1.165, 1.54) is 7.11 Å². The first-order valence-corrected chi connectivity index (χ1v) is 7.44. The summed E-state index contributed by atoms with van der Waals surface area (Å²) >= 11 is 0. The Labute approximate surface area is 140 Å². The summed E-state index contributed by atoms with van der Waals surface area (Å²) in [4.78, 5) is 24.4. The number of methoxy groups -OCH3 is 2. The minimum Gasteiger partial charge on any atom is -0.497 e. The lowest BCUT2D eigenvalue weighted by atomic mass is 10.2. The highest BCUT2D eigenvalue weighted by Gasteiger charge is 2.18. The van der Waals surface area contributed by atoms with Crippen LogP contribution in [-0.2, 0) is 4.79 Å². The molecule has 0 radical (unpaired) electrons. The van der Waals surface area contributed by atoms with E-state index < -0.39 is 6.04 Å². The summed E-state index contributed by atoms with van der Waals surface area (Å²) in [6.07, 6.45) is 0. The van der Waals surface area contributed by atoms with Gasteiger partial charge in [-0.3, -0.25) is 9.59 Å². The first-order valence-electron chi connectivity index (χ1n) is 7.44. The molecule has 2 amide bonds. The minimum absolute atomic E-state index is 0.306. The van der Waals surface area contributed by atoms with Crippen LogP contribution in [0.4, 0.5) is 5.69 Å². The first kappa shape index (κ1) is 17.3. The highest BCUT2D eigenvalue weighted by molar-refractivity contribution is 6.01. The van der Waals surface area contributed by atoms with Gasteiger partial charge in [0.05, 0.1) is 19.9 Å². The maximum Gasteiger partial charge on any atom is 0.251 e. The second-order valence-corrected chi connectivity index (χ2v) is 5.12. The Balaban J connectivity index is 2.03. The average molecular weight is 328 g/mol. The van der Waals surface area contributed by atoms with E-state index in [-0.39, 0.29) is 11.8 Å². The van der Waals surface area contributed by atoms with Crippen molar-refractivity contribution in [2.75, 3.05) is 19.5 Å². The number of rotatable bonds is 6. The van der Waals surface area contributed by atoms with Crippen molar-refractivity contribution in [1.29, 1.82) is 0 Å². The van der Waals surface area contributed by atoms with Crippen LogP contribution in [0.15, 0.2) is 48.5 Å². The first-order chi connectivity index (χ1) is 11.5. The number of nitrogens with one attached hydrogen (secondary N) is 2. The zero-order chi connectivity index (χ0) is 17.5. The number of hydrogen-bond acceptors (Lipinski definition) is 4. The molecule has 24 heavy (non-hydrogen) atoms. The van der Waals surface area contributed by atoms with Gasteiger partial charge in [-0.25, -0.2) is 0 Å². The molecule has 2 aromatic carbocycles. The van der Waals surface area contributed by atoms with Crippen molar-refractivity contribution in [3.05, 3.63) is 54.1 Å². The number of carbonyl (C=O) groups excluding carboxylic acids is 2. The van der Waals surface area contributed by atoms with E-state index in [4.69, 9.17) is 9.47 Å². The molecule has 0 heterocycles. The van der Waals surface area contributed by atoms with Gasteiger partial charge in [0.25, 0.3) is 5.91 Å². The Hall–Kier alpha value is -3.02. The molecule has 126 valence electrons. The number of carbonyl (C=O) groups is 2. The van der Waals surface area contributed by atoms with Gasteiger partial charge in [0.2, 0.25) is 5.91 Å². The van der Waals surface area contributed by atoms with Crippen molar-refractivity contribution in [1.82, 2.24) is 5.32 Å². The third-order valence-corrected chi connectivity index (χ3v) is 3.44. The maximum atomic E-state index is 12.3. The number of benzene rings is 2. The van der Waals surface area contributed by atoms with Gasteiger partial charge in [0, 0.05) is 11.6 Å². The summed E-state index contributed by atoms with van der Waals surface area (Å²) in [5, 5.41) is 5.39. The van der Waals surface area contributed by atoms with Crippen LogP contribution in [-0.4, -0.2) is 32.1 Å². The van der Waals surface area contributed by atoms with Crippen molar-refractivity contribution < 1.29 is 19.1 Å². The van der Waals surface area contributed by atoms with Crippen LogP contribution >= 0.6 is 0 Å². The van der Waals surface area contributed by atoms with Crippen molar-refractivity contribution >= 4 is 17.5 Å². The van der Waals surface area contributed by atoms with E-state index in [2.05, 4.69) is 10.6 Å². The summed E-state index contributed by atoms with van der Waals surface area (Å²) in [5.74, 6) is 0.447. The third kappa shape index (κ3) is 4.25. The molecule has 6 heteroatoms. The van der Waals surface area contributed by atoms with Gasteiger partial charge in [-0.15, -0.1) is 0 Å². The fraction of sp³-hybridized carbons (Fsp3) is 0.222. The number of amides is 2. The Kier molecular flexibility index (Phi) is 5.78. The fourth-order valence-electron chi connectivity index (χ4n) is 2.08. The number of ether oxygens (including phenoxy) is 2. The predicted molar refractivity (Wildman–Crippen MR) is 91.5 cm³/mol. The van der Waals surface area contributed by atoms with E-state index in [9.17, 15) is 9.59 Å². The van der Waals surface area contributed by atoms with Crippen molar-refractivity contribution in [2.24, 2.45) is 0 Å². The molecule has 0 bridgehead atoms. The lowest BCUT2D eigenvalue weighted by Gasteiger charge is -2.16. The second kappa shape index (κ2) is 8.01. The molecule has 0 saturated carbocycles. The molecular formula is C18H20N2O4. The summed E-state index contributed by atoms with van der Waals surface area (Å²) in [7, 11) is 3.05. The zero-order valence-corrected chi connectivity index (χ0v) is 13.8. The van der Waals surface area contributed by atoms with Crippen LogP contribution in [0.3, 0.4) is 0 Å². The van der Waals surface area contributed by atoms with Crippen molar-refractivity contribution in [3.8, 4) is 11.5 Å². The molecule has 0 spiro atoms. The maximum absolute atomic E-state index is 12.3. The van der Waals surface area contributed by atoms with Crippen LogP contribution in [0.1, 0.15) is 17.3 Å². The summed E-state index contributed by atoms with van der Waals surface area (Å²) in [5.41, 5.74) is 1.00. The van der Waals surface area contributed by atoms with Crippen LogP contribution in [0.2, 0.25) is 0 Å². The second-order valence-electron chi connectivity index (χ2n) is 5.12. The van der Waals surface area contributed by atoms with E-state index >= 15 is 0 Å². The predicted octanol–water partition coefficient (Wildman–Crippen LogP) is 2.46. The van der Waals surface area contributed by atoms with Gasteiger partial charge in [0.15, 0.2) is 0 Å². The van der Waals surface area contributed by atoms with Gasteiger partial charge in [-0.2, -0.15) is 0 Å². The highest BCUT2D eigenvalue weighted by atomic mass is 16.5. The minimum atomic E-state index is -0.704. The highest BCUT2D eigenvalue weighted by Crippen LogP contribution is 2.29. The molecule has 6 nitrogen and oxygen atoms in total. The molecule has 2 rings (SSSR count). The monoisotopic (exact) mass is 328 g/mol. The average Bonchev–Trinajstić information content (AvgIpc) is 2.62. The number of anilines is 1.